The molecule has 0 fully saturated rings. The summed E-state index contributed by atoms with van der Waals surface area (Å²) in [6.07, 6.45) is 0.398. The first-order chi connectivity index (χ1) is 9.50. The monoisotopic (exact) mass is 270 g/mol. The third-order valence-corrected chi connectivity index (χ3v) is 3.24. The van der Waals surface area contributed by atoms with Crippen molar-refractivity contribution in [2.24, 2.45) is 0 Å². The summed E-state index contributed by atoms with van der Waals surface area (Å²) in [5.41, 5.74) is 2.22. The predicted molar refractivity (Wildman–Crippen MR) is 74.3 cm³/mol. The number of carbonyl (C=O) groups is 2. The molecule has 20 heavy (non-hydrogen) atoms. The highest BCUT2D eigenvalue weighted by atomic mass is 16.4. The van der Waals surface area contributed by atoms with Crippen LogP contribution in [0.3, 0.4) is 0 Å². The zero-order valence-electron chi connectivity index (χ0n) is 11.0. The van der Waals surface area contributed by atoms with Gasteiger partial charge in [-0.2, -0.15) is 0 Å². The van der Waals surface area contributed by atoms with E-state index in [4.69, 9.17) is 5.11 Å². The molecule has 0 heterocycles. The molecule has 0 bridgehead atoms. The van der Waals surface area contributed by atoms with Crippen molar-refractivity contribution in [3.8, 4) is 0 Å². The van der Waals surface area contributed by atoms with E-state index >= 15 is 0 Å². The lowest BCUT2D eigenvalue weighted by molar-refractivity contribution is 0.0650. The zero-order valence-corrected chi connectivity index (χ0v) is 11.0. The Morgan fingerprint density at radius 1 is 0.900 bits per heavy atom. The van der Waals surface area contributed by atoms with Crippen molar-refractivity contribution in [2.45, 2.75) is 13.3 Å². The van der Waals surface area contributed by atoms with Crippen LogP contribution < -0.4 is 0 Å². The van der Waals surface area contributed by atoms with Crippen molar-refractivity contribution < 1.29 is 19.8 Å². The van der Waals surface area contributed by atoms with Gasteiger partial charge in [0.2, 0.25) is 0 Å². The SMILES string of the molecule is Cc1ccccc1Cc1cccc(C(=O)O)c1C(=O)O. The summed E-state index contributed by atoms with van der Waals surface area (Å²) in [4.78, 5) is 22.5. The van der Waals surface area contributed by atoms with E-state index < -0.39 is 11.9 Å². The highest BCUT2D eigenvalue weighted by Gasteiger charge is 2.20. The Morgan fingerprint density at radius 3 is 2.15 bits per heavy atom. The van der Waals surface area contributed by atoms with Crippen LogP contribution in [0.25, 0.3) is 0 Å². The van der Waals surface area contributed by atoms with Gasteiger partial charge in [0.05, 0.1) is 11.1 Å². The van der Waals surface area contributed by atoms with Crippen molar-refractivity contribution in [2.75, 3.05) is 0 Å². The Morgan fingerprint density at radius 2 is 1.55 bits per heavy atom. The fourth-order valence-corrected chi connectivity index (χ4v) is 2.19. The first kappa shape index (κ1) is 13.8. The maximum atomic E-state index is 11.4. The summed E-state index contributed by atoms with van der Waals surface area (Å²) in [6, 6.07) is 12.2. The van der Waals surface area contributed by atoms with Gasteiger partial charge in [-0.3, -0.25) is 0 Å². The Hall–Kier alpha value is -2.62. The number of carboxylic acid groups (broad SMARTS) is 2. The van der Waals surface area contributed by atoms with E-state index in [0.29, 0.717) is 12.0 Å². The zero-order chi connectivity index (χ0) is 14.7. The molecular weight excluding hydrogens is 256 g/mol. The van der Waals surface area contributed by atoms with Gasteiger partial charge in [-0.05, 0) is 36.1 Å². The van der Waals surface area contributed by atoms with E-state index in [0.717, 1.165) is 11.1 Å². The molecule has 2 rings (SSSR count). The van der Waals surface area contributed by atoms with Crippen LogP contribution in [0, 0.1) is 6.92 Å². The minimum absolute atomic E-state index is 0.136. The summed E-state index contributed by atoms with van der Waals surface area (Å²) >= 11 is 0. The van der Waals surface area contributed by atoms with Crippen LogP contribution in [0.1, 0.15) is 37.4 Å². The molecule has 4 nitrogen and oxygen atoms in total. The van der Waals surface area contributed by atoms with Gasteiger partial charge in [-0.1, -0.05) is 36.4 Å². The van der Waals surface area contributed by atoms with Crippen LogP contribution >= 0.6 is 0 Å². The molecule has 0 aliphatic carbocycles. The van der Waals surface area contributed by atoms with Gasteiger partial charge in [0, 0.05) is 0 Å². The Bertz CT molecular complexity index is 674. The number of carboxylic acids is 2. The highest BCUT2D eigenvalue weighted by Crippen LogP contribution is 2.20. The lowest BCUT2D eigenvalue weighted by Crippen LogP contribution is -2.12. The van der Waals surface area contributed by atoms with Gasteiger partial charge >= 0.3 is 11.9 Å². The third kappa shape index (κ3) is 2.69. The molecule has 0 amide bonds. The number of hydrogen-bond acceptors (Lipinski definition) is 2. The van der Waals surface area contributed by atoms with Crippen molar-refractivity contribution in [1.82, 2.24) is 0 Å². The fourth-order valence-electron chi connectivity index (χ4n) is 2.19. The van der Waals surface area contributed by atoms with E-state index in [9.17, 15) is 14.7 Å². The van der Waals surface area contributed by atoms with Crippen LogP contribution in [0.5, 0.6) is 0 Å². The molecule has 0 aromatic heterocycles. The first-order valence-electron chi connectivity index (χ1n) is 6.13. The molecule has 2 aromatic rings. The normalized spacial score (nSPS) is 10.2. The minimum Gasteiger partial charge on any atom is -0.478 e. The smallest absolute Gasteiger partial charge is 0.336 e. The standard InChI is InChI=1S/C16H14O4/c1-10-5-2-3-6-11(10)9-12-7-4-8-13(15(17)18)14(12)16(19)20/h2-8H,9H2,1H3,(H,17,18)(H,19,20). The maximum absolute atomic E-state index is 11.4. The fraction of sp³-hybridized carbons (Fsp3) is 0.125. The van der Waals surface area contributed by atoms with Crippen molar-refractivity contribution in [1.29, 1.82) is 0 Å². The second-order valence-corrected chi connectivity index (χ2v) is 4.55. The third-order valence-electron chi connectivity index (χ3n) is 3.24. The summed E-state index contributed by atoms with van der Waals surface area (Å²) in [5, 5.41) is 18.4. The molecule has 4 heteroatoms. The lowest BCUT2D eigenvalue weighted by atomic mass is 9.94. The number of aryl methyl sites for hydroxylation is 1. The van der Waals surface area contributed by atoms with Crippen LogP contribution in [0.15, 0.2) is 42.5 Å². The van der Waals surface area contributed by atoms with Crippen molar-refractivity contribution in [3.05, 3.63) is 70.3 Å². The molecule has 2 N–H and O–H groups in total. The van der Waals surface area contributed by atoms with Gasteiger partial charge in [-0.15, -0.1) is 0 Å². The first-order valence-corrected chi connectivity index (χ1v) is 6.13. The molecule has 0 aliphatic rings. The molecular formula is C16H14O4. The average Bonchev–Trinajstić information content (AvgIpc) is 2.40. The molecule has 0 saturated carbocycles. The molecule has 0 atom stereocenters. The van der Waals surface area contributed by atoms with Gasteiger partial charge in [0.25, 0.3) is 0 Å². The molecule has 2 aromatic carbocycles. The Balaban J connectivity index is 2.52. The number of hydrogen-bond donors (Lipinski definition) is 2. The molecule has 0 aliphatic heterocycles. The maximum Gasteiger partial charge on any atom is 0.336 e. The molecule has 0 unspecified atom stereocenters. The predicted octanol–water partition coefficient (Wildman–Crippen LogP) is 2.98. The van der Waals surface area contributed by atoms with E-state index in [1.807, 2.05) is 31.2 Å². The van der Waals surface area contributed by atoms with Crippen LogP contribution in [-0.4, -0.2) is 22.2 Å². The second kappa shape index (κ2) is 5.57. The van der Waals surface area contributed by atoms with Crippen LogP contribution in [0.2, 0.25) is 0 Å². The molecule has 0 radical (unpaired) electrons. The molecule has 0 saturated heterocycles. The molecule has 0 spiro atoms. The summed E-state index contributed by atoms with van der Waals surface area (Å²) in [7, 11) is 0. The quantitative estimate of drug-likeness (QED) is 0.895. The summed E-state index contributed by atoms with van der Waals surface area (Å²) in [5.74, 6) is -2.44. The van der Waals surface area contributed by atoms with Crippen LogP contribution in [0.4, 0.5) is 0 Å². The summed E-state index contributed by atoms with van der Waals surface area (Å²) < 4.78 is 0. The van der Waals surface area contributed by atoms with E-state index in [1.165, 1.54) is 6.07 Å². The molecule has 102 valence electrons. The van der Waals surface area contributed by atoms with Crippen LogP contribution in [-0.2, 0) is 6.42 Å². The highest BCUT2D eigenvalue weighted by molar-refractivity contribution is 6.02. The van der Waals surface area contributed by atoms with Gasteiger partial charge in [0.15, 0.2) is 0 Å². The topological polar surface area (TPSA) is 74.6 Å². The Labute approximate surface area is 116 Å². The van der Waals surface area contributed by atoms with E-state index in [1.54, 1.807) is 12.1 Å². The van der Waals surface area contributed by atoms with Crippen molar-refractivity contribution >= 4 is 11.9 Å². The van der Waals surface area contributed by atoms with Gasteiger partial charge in [-0.25, -0.2) is 9.59 Å². The number of benzene rings is 2. The largest absolute Gasteiger partial charge is 0.478 e. The second-order valence-electron chi connectivity index (χ2n) is 4.55. The number of aromatic carboxylic acids is 2. The van der Waals surface area contributed by atoms with Gasteiger partial charge in [0.1, 0.15) is 0 Å². The lowest BCUT2D eigenvalue weighted by Gasteiger charge is -2.10. The van der Waals surface area contributed by atoms with Gasteiger partial charge < -0.3 is 10.2 Å². The minimum atomic E-state index is -1.23. The summed E-state index contributed by atoms with van der Waals surface area (Å²) in [6.45, 7) is 1.94. The average molecular weight is 270 g/mol. The van der Waals surface area contributed by atoms with Crippen molar-refractivity contribution in [3.63, 3.8) is 0 Å². The Kier molecular flexibility index (Phi) is 3.84. The van der Waals surface area contributed by atoms with E-state index in [-0.39, 0.29) is 11.1 Å². The van der Waals surface area contributed by atoms with E-state index in [2.05, 4.69) is 0 Å². The number of rotatable bonds is 4.